The average molecular weight is 411 g/mol. The molecule has 21 heavy (non-hydrogen) atoms. The van der Waals surface area contributed by atoms with E-state index in [0.29, 0.717) is 25.7 Å². The Balaban J connectivity index is 1.97. The third-order valence-electron chi connectivity index (χ3n) is 4.04. The van der Waals surface area contributed by atoms with E-state index in [1.165, 1.54) is 16.5 Å². The summed E-state index contributed by atoms with van der Waals surface area (Å²) in [7, 11) is 0. The van der Waals surface area contributed by atoms with Crippen molar-refractivity contribution >= 4 is 54.2 Å². The van der Waals surface area contributed by atoms with E-state index in [9.17, 15) is 0 Å². The van der Waals surface area contributed by atoms with Gasteiger partial charge in [0.1, 0.15) is 0 Å². The summed E-state index contributed by atoms with van der Waals surface area (Å²) in [4.78, 5) is 0. The number of halogens is 3. The van der Waals surface area contributed by atoms with Gasteiger partial charge in [0.15, 0.2) is 0 Å². The maximum atomic E-state index is 5.89. The molecule has 2 rings (SSSR count). The third-order valence-corrected chi connectivity index (χ3v) is 7.31. The van der Waals surface area contributed by atoms with Crippen molar-refractivity contribution in [3.8, 4) is 0 Å². The van der Waals surface area contributed by atoms with Crippen LogP contribution in [0.4, 0.5) is 0 Å². The number of benzene rings is 1. The van der Waals surface area contributed by atoms with Gasteiger partial charge in [0.25, 0.3) is 0 Å². The quantitative estimate of drug-likeness (QED) is 0.339. The van der Waals surface area contributed by atoms with Crippen molar-refractivity contribution in [2.24, 2.45) is 5.92 Å². The third kappa shape index (κ3) is 5.81. The second-order valence-corrected chi connectivity index (χ2v) is 12.3. The molecule has 1 aliphatic rings. The van der Waals surface area contributed by atoms with Gasteiger partial charge in [0.05, 0.1) is 0 Å². The van der Waals surface area contributed by atoms with Gasteiger partial charge >= 0.3 is 150 Å². The zero-order valence-corrected chi connectivity index (χ0v) is 16.4. The molecule has 4 heteroatoms. The van der Waals surface area contributed by atoms with Crippen LogP contribution in [0.25, 0.3) is 0 Å². The molecule has 0 N–H and O–H groups in total. The van der Waals surface area contributed by atoms with E-state index in [0.717, 1.165) is 18.8 Å². The topological polar surface area (TPSA) is 0 Å². The van der Waals surface area contributed by atoms with Crippen LogP contribution in [0.2, 0.25) is 4.31 Å². The van der Waals surface area contributed by atoms with Crippen LogP contribution >= 0.6 is 34.8 Å². The van der Waals surface area contributed by atoms with E-state index in [-0.39, 0.29) is 0 Å². The van der Waals surface area contributed by atoms with E-state index in [2.05, 4.69) is 50.3 Å². The van der Waals surface area contributed by atoms with E-state index >= 15 is 0 Å². The normalized spacial score (nSPS) is 20.2. The van der Waals surface area contributed by atoms with Gasteiger partial charge < -0.3 is 0 Å². The van der Waals surface area contributed by atoms with Crippen molar-refractivity contribution in [2.75, 3.05) is 0 Å². The summed E-state index contributed by atoms with van der Waals surface area (Å²) < 4.78 is 0.685. The molecule has 1 unspecified atom stereocenters. The van der Waals surface area contributed by atoms with Gasteiger partial charge in [-0.3, -0.25) is 0 Å². The van der Waals surface area contributed by atoms with Crippen LogP contribution in [0, 0.1) is 5.92 Å². The molecule has 0 nitrogen and oxygen atoms in total. The van der Waals surface area contributed by atoms with Gasteiger partial charge in [-0.1, -0.05) is 0 Å². The van der Waals surface area contributed by atoms with Gasteiger partial charge in [-0.2, -0.15) is 0 Å². The van der Waals surface area contributed by atoms with Crippen LogP contribution in [0.15, 0.2) is 42.0 Å². The first-order valence-corrected chi connectivity index (χ1v) is 10.1. The van der Waals surface area contributed by atoms with Crippen molar-refractivity contribution < 1.29 is 0 Å². The fourth-order valence-electron chi connectivity index (χ4n) is 2.81. The summed E-state index contributed by atoms with van der Waals surface area (Å²) in [5.74, 6) is 0.719. The number of hydrogen-bond acceptors (Lipinski definition) is 0. The minimum absolute atomic E-state index is 0.358. The molecule has 0 radical (unpaired) electrons. The van der Waals surface area contributed by atoms with Crippen molar-refractivity contribution in [1.29, 1.82) is 0 Å². The van der Waals surface area contributed by atoms with E-state index in [1.54, 1.807) is 0 Å². The van der Waals surface area contributed by atoms with Crippen molar-refractivity contribution in [3.63, 3.8) is 0 Å². The zero-order chi connectivity index (χ0) is 15.5. The van der Waals surface area contributed by atoms with Crippen molar-refractivity contribution in [1.82, 2.24) is 0 Å². The molecule has 0 bridgehead atoms. The Morgan fingerprint density at radius 3 is 2.33 bits per heavy atom. The summed E-state index contributed by atoms with van der Waals surface area (Å²) in [6.07, 6.45) is 6.24. The van der Waals surface area contributed by atoms with Crippen LogP contribution < -0.4 is 4.46 Å². The van der Waals surface area contributed by atoms with Gasteiger partial charge in [-0.25, -0.2) is 0 Å². The molecular formula is C17H21Cl3Se. The number of rotatable bonds is 4. The minimum atomic E-state index is -1.15. The first-order valence-electron chi connectivity index (χ1n) is 7.25. The van der Waals surface area contributed by atoms with Gasteiger partial charge in [-0.05, 0) is 0 Å². The molecule has 116 valence electrons. The molecule has 0 fully saturated rings. The molecule has 0 amide bonds. The Bertz CT molecular complexity index is 489. The zero-order valence-electron chi connectivity index (χ0n) is 12.4. The predicted octanol–water partition coefficient (Wildman–Crippen LogP) is 5.70. The summed E-state index contributed by atoms with van der Waals surface area (Å²) in [5, 5.41) is 0. The Hall–Kier alpha value is 0.349. The standard InChI is InChI=1S/C17H21Cl3Se/c1-16(2,21-15-6-4-3-5-7-15)14-10-8-13(9-11-14)12-17(18,19)20/h3-8,14H,9-12H2,1-2H3. The summed E-state index contributed by atoms with van der Waals surface area (Å²) in [6.45, 7) is 4.80. The summed E-state index contributed by atoms with van der Waals surface area (Å²) in [6, 6.07) is 10.8. The number of allylic oxidation sites excluding steroid dienone is 2. The van der Waals surface area contributed by atoms with E-state index < -0.39 is 3.79 Å². The molecule has 1 atom stereocenters. The predicted molar refractivity (Wildman–Crippen MR) is 96.2 cm³/mol. The molecule has 0 aliphatic heterocycles. The van der Waals surface area contributed by atoms with Crippen LogP contribution in [-0.4, -0.2) is 18.7 Å². The molecule has 0 heterocycles. The number of hydrogen-bond donors (Lipinski definition) is 0. The molecular weight excluding hydrogens is 390 g/mol. The Morgan fingerprint density at radius 1 is 1.14 bits per heavy atom. The van der Waals surface area contributed by atoms with Crippen molar-refractivity contribution in [2.45, 2.75) is 47.6 Å². The van der Waals surface area contributed by atoms with Crippen LogP contribution in [0.1, 0.15) is 39.5 Å². The average Bonchev–Trinajstić information content (AvgIpc) is 2.38. The maximum absolute atomic E-state index is 5.89. The molecule has 1 aliphatic carbocycles. The van der Waals surface area contributed by atoms with Gasteiger partial charge in [0.2, 0.25) is 0 Å². The molecule has 0 saturated carbocycles. The first kappa shape index (κ1) is 17.7. The summed E-state index contributed by atoms with van der Waals surface area (Å²) in [5.41, 5.74) is 1.30. The van der Waals surface area contributed by atoms with Crippen LogP contribution in [-0.2, 0) is 0 Å². The van der Waals surface area contributed by atoms with E-state index in [4.69, 9.17) is 34.8 Å². The van der Waals surface area contributed by atoms with Crippen LogP contribution in [0.3, 0.4) is 0 Å². The van der Waals surface area contributed by atoms with Gasteiger partial charge in [0, 0.05) is 0 Å². The molecule has 1 aromatic carbocycles. The molecule has 0 saturated heterocycles. The molecule has 0 aromatic heterocycles. The Morgan fingerprint density at radius 2 is 1.81 bits per heavy atom. The van der Waals surface area contributed by atoms with Crippen LogP contribution in [0.5, 0.6) is 0 Å². The van der Waals surface area contributed by atoms with Gasteiger partial charge in [-0.15, -0.1) is 0 Å². The fourth-order valence-corrected chi connectivity index (χ4v) is 6.02. The fraction of sp³-hybridized carbons (Fsp3) is 0.529. The molecule has 0 spiro atoms. The summed E-state index contributed by atoms with van der Waals surface area (Å²) >= 11 is 18.2. The second-order valence-electron chi connectivity index (χ2n) is 6.14. The van der Waals surface area contributed by atoms with Crippen molar-refractivity contribution in [3.05, 3.63) is 42.0 Å². The Labute approximate surface area is 149 Å². The second kappa shape index (κ2) is 7.28. The first-order chi connectivity index (χ1) is 9.76. The Kier molecular flexibility index (Phi) is 6.14. The monoisotopic (exact) mass is 410 g/mol. The number of alkyl halides is 3. The molecule has 1 aromatic rings. The SMILES string of the molecule is CC(C)([Se]c1ccccc1)C1CC=C(CC(Cl)(Cl)Cl)CC1. The van der Waals surface area contributed by atoms with E-state index in [1.807, 2.05) is 0 Å².